The van der Waals surface area contributed by atoms with Crippen LogP contribution in [0.5, 0.6) is 11.5 Å². The molecule has 2 aromatic heterocycles. The zero-order valence-electron chi connectivity index (χ0n) is 14.1. The molecule has 4 rings (SSSR count). The SMILES string of the molecule is Nc1ncnc2c(-c3cncc(Cl)c3)c(OCc3ccccc3)cc(O)c12. The van der Waals surface area contributed by atoms with E-state index in [2.05, 4.69) is 15.0 Å². The van der Waals surface area contributed by atoms with Gasteiger partial charge in [-0.05, 0) is 11.6 Å². The van der Waals surface area contributed by atoms with Crippen LogP contribution >= 0.6 is 11.6 Å². The summed E-state index contributed by atoms with van der Waals surface area (Å²) >= 11 is 6.12. The summed E-state index contributed by atoms with van der Waals surface area (Å²) < 4.78 is 6.01. The van der Waals surface area contributed by atoms with E-state index in [4.69, 9.17) is 22.1 Å². The molecule has 0 fully saturated rings. The number of hydrogen-bond acceptors (Lipinski definition) is 6. The first kappa shape index (κ1) is 17.1. The second-order valence-electron chi connectivity index (χ2n) is 5.92. The number of ether oxygens (including phenoxy) is 1. The summed E-state index contributed by atoms with van der Waals surface area (Å²) in [6, 6.07) is 13.0. The van der Waals surface area contributed by atoms with Gasteiger partial charge in [-0.1, -0.05) is 41.9 Å². The van der Waals surface area contributed by atoms with E-state index in [1.54, 1.807) is 18.5 Å². The van der Waals surface area contributed by atoms with Crippen LogP contribution in [0.4, 0.5) is 5.82 Å². The van der Waals surface area contributed by atoms with Gasteiger partial charge in [-0.15, -0.1) is 0 Å². The summed E-state index contributed by atoms with van der Waals surface area (Å²) in [4.78, 5) is 12.4. The van der Waals surface area contributed by atoms with Gasteiger partial charge in [-0.25, -0.2) is 9.97 Å². The number of pyridine rings is 1. The molecule has 134 valence electrons. The molecule has 0 aliphatic heterocycles. The van der Waals surface area contributed by atoms with Gasteiger partial charge in [-0.2, -0.15) is 0 Å². The Balaban J connectivity index is 1.90. The number of halogens is 1. The highest BCUT2D eigenvalue weighted by molar-refractivity contribution is 6.30. The lowest BCUT2D eigenvalue weighted by Gasteiger charge is -2.16. The minimum absolute atomic E-state index is 0.0510. The molecule has 7 heteroatoms. The Bertz CT molecular complexity index is 1120. The van der Waals surface area contributed by atoms with Crippen molar-refractivity contribution in [3.05, 3.63) is 71.8 Å². The molecule has 0 saturated heterocycles. The van der Waals surface area contributed by atoms with Gasteiger partial charge in [0.05, 0.1) is 21.5 Å². The van der Waals surface area contributed by atoms with Gasteiger partial charge in [0.1, 0.15) is 30.3 Å². The first-order valence-corrected chi connectivity index (χ1v) is 8.55. The summed E-state index contributed by atoms with van der Waals surface area (Å²) in [5.41, 5.74) is 8.76. The molecule has 2 aromatic carbocycles. The van der Waals surface area contributed by atoms with Crippen LogP contribution in [0.15, 0.2) is 61.2 Å². The third kappa shape index (κ3) is 3.35. The summed E-state index contributed by atoms with van der Waals surface area (Å²) in [5, 5.41) is 11.3. The van der Waals surface area contributed by atoms with Crippen LogP contribution in [0.2, 0.25) is 5.02 Å². The molecule has 4 aromatic rings. The first-order chi connectivity index (χ1) is 13.1. The van der Waals surface area contributed by atoms with E-state index in [1.165, 1.54) is 12.4 Å². The number of nitrogen functional groups attached to an aromatic ring is 1. The number of aromatic nitrogens is 3. The van der Waals surface area contributed by atoms with Gasteiger partial charge >= 0.3 is 0 Å². The molecule has 0 spiro atoms. The van der Waals surface area contributed by atoms with E-state index < -0.39 is 0 Å². The number of anilines is 1. The minimum Gasteiger partial charge on any atom is -0.507 e. The van der Waals surface area contributed by atoms with Crippen LogP contribution < -0.4 is 10.5 Å². The highest BCUT2D eigenvalue weighted by Gasteiger charge is 2.19. The van der Waals surface area contributed by atoms with Crippen molar-refractivity contribution in [2.24, 2.45) is 0 Å². The molecule has 0 amide bonds. The lowest BCUT2D eigenvalue weighted by Crippen LogP contribution is -2.00. The predicted octanol–water partition coefficient (Wildman–Crippen LogP) is 4.21. The fourth-order valence-electron chi connectivity index (χ4n) is 2.90. The number of rotatable bonds is 4. The van der Waals surface area contributed by atoms with E-state index >= 15 is 0 Å². The molecule has 0 radical (unpaired) electrons. The van der Waals surface area contributed by atoms with E-state index in [0.29, 0.717) is 39.4 Å². The summed E-state index contributed by atoms with van der Waals surface area (Å²) in [7, 11) is 0. The Morgan fingerprint density at radius 2 is 1.89 bits per heavy atom. The molecular weight excluding hydrogens is 364 g/mol. The summed E-state index contributed by atoms with van der Waals surface area (Å²) in [6.45, 7) is 0.327. The topological polar surface area (TPSA) is 94.2 Å². The lowest BCUT2D eigenvalue weighted by atomic mass is 10.0. The molecule has 0 bridgehead atoms. The molecule has 2 heterocycles. The molecule has 0 unspecified atom stereocenters. The summed E-state index contributed by atoms with van der Waals surface area (Å²) in [6.07, 6.45) is 4.55. The zero-order valence-corrected chi connectivity index (χ0v) is 14.9. The smallest absolute Gasteiger partial charge is 0.138 e. The maximum absolute atomic E-state index is 10.5. The normalized spacial score (nSPS) is 10.9. The number of nitrogens with zero attached hydrogens (tertiary/aromatic N) is 3. The van der Waals surface area contributed by atoms with Crippen LogP contribution in [0, 0.1) is 0 Å². The van der Waals surface area contributed by atoms with Gasteiger partial charge < -0.3 is 15.6 Å². The standard InChI is InChI=1S/C20H15ClN4O2/c21-14-6-13(8-23-9-14)17-16(27-10-12-4-2-1-3-5-12)7-15(26)18-19(17)24-11-25-20(18)22/h1-9,11,26H,10H2,(H2,22,24,25). The van der Waals surface area contributed by atoms with E-state index in [-0.39, 0.29) is 11.6 Å². The molecule has 0 atom stereocenters. The van der Waals surface area contributed by atoms with Gasteiger partial charge in [-0.3, -0.25) is 4.98 Å². The third-order valence-electron chi connectivity index (χ3n) is 4.11. The highest BCUT2D eigenvalue weighted by Crippen LogP contribution is 2.42. The van der Waals surface area contributed by atoms with Gasteiger partial charge in [0.15, 0.2) is 0 Å². The van der Waals surface area contributed by atoms with Crippen LogP contribution in [0.25, 0.3) is 22.0 Å². The van der Waals surface area contributed by atoms with Crippen molar-refractivity contribution in [3.63, 3.8) is 0 Å². The molecule has 6 nitrogen and oxygen atoms in total. The number of fused-ring (bicyclic) bond motifs is 1. The second-order valence-corrected chi connectivity index (χ2v) is 6.35. The Hall–Kier alpha value is -3.38. The third-order valence-corrected chi connectivity index (χ3v) is 4.32. The predicted molar refractivity (Wildman–Crippen MR) is 105 cm³/mol. The zero-order chi connectivity index (χ0) is 18.8. The van der Waals surface area contributed by atoms with Crippen LogP contribution in [0.3, 0.4) is 0 Å². The summed E-state index contributed by atoms with van der Waals surface area (Å²) in [5.74, 6) is 0.583. The molecule has 0 saturated carbocycles. The van der Waals surface area contributed by atoms with Crippen LogP contribution in [0.1, 0.15) is 5.56 Å². The largest absolute Gasteiger partial charge is 0.507 e. The minimum atomic E-state index is -0.0510. The van der Waals surface area contributed by atoms with Crippen molar-refractivity contribution < 1.29 is 9.84 Å². The number of hydrogen-bond donors (Lipinski definition) is 2. The van der Waals surface area contributed by atoms with Crippen LogP contribution in [-0.4, -0.2) is 20.1 Å². The Morgan fingerprint density at radius 1 is 1.07 bits per heavy atom. The van der Waals surface area contributed by atoms with E-state index in [1.807, 2.05) is 30.3 Å². The molecular formula is C20H15ClN4O2. The number of benzene rings is 2. The Kier molecular flexibility index (Phi) is 4.48. The lowest BCUT2D eigenvalue weighted by molar-refractivity contribution is 0.306. The fourth-order valence-corrected chi connectivity index (χ4v) is 3.08. The monoisotopic (exact) mass is 378 g/mol. The van der Waals surface area contributed by atoms with E-state index in [9.17, 15) is 5.11 Å². The van der Waals surface area contributed by atoms with Crippen molar-refractivity contribution in [1.29, 1.82) is 0 Å². The average Bonchev–Trinajstić information content (AvgIpc) is 2.67. The number of aromatic hydroxyl groups is 1. The molecule has 0 aliphatic rings. The Morgan fingerprint density at radius 3 is 2.67 bits per heavy atom. The average molecular weight is 379 g/mol. The maximum Gasteiger partial charge on any atom is 0.138 e. The fraction of sp³-hybridized carbons (Fsp3) is 0.0500. The maximum atomic E-state index is 10.5. The van der Waals surface area contributed by atoms with Crippen molar-refractivity contribution in [3.8, 4) is 22.6 Å². The molecule has 0 aliphatic carbocycles. The van der Waals surface area contributed by atoms with E-state index in [0.717, 1.165) is 5.56 Å². The quantitative estimate of drug-likeness (QED) is 0.552. The highest BCUT2D eigenvalue weighted by atomic mass is 35.5. The van der Waals surface area contributed by atoms with Crippen molar-refractivity contribution >= 4 is 28.3 Å². The Labute approximate surface area is 160 Å². The van der Waals surface area contributed by atoms with Gasteiger partial charge in [0, 0.05) is 24.0 Å². The van der Waals surface area contributed by atoms with Gasteiger partial charge in [0.2, 0.25) is 0 Å². The number of nitrogens with two attached hydrogens (primary N) is 1. The van der Waals surface area contributed by atoms with Crippen molar-refractivity contribution in [2.75, 3.05) is 5.73 Å². The molecule has 3 N–H and O–H groups in total. The second kappa shape index (κ2) is 7.09. The number of phenolic OH excluding ortho intramolecular Hbond substituents is 1. The van der Waals surface area contributed by atoms with Crippen molar-refractivity contribution in [1.82, 2.24) is 15.0 Å². The molecule has 27 heavy (non-hydrogen) atoms. The number of phenols is 1. The van der Waals surface area contributed by atoms with Gasteiger partial charge in [0.25, 0.3) is 0 Å². The van der Waals surface area contributed by atoms with Crippen molar-refractivity contribution in [2.45, 2.75) is 6.61 Å². The van der Waals surface area contributed by atoms with Crippen LogP contribution in [-0.2, 0) is 6.61 Å². The first-order valence-electron chi connectivity index (χ1n) is 8.17.